The van der Waals surface area contributed by atoms with Gasteiger partial charge in [-0.15, -0.1) is 0 Å². The number of anilines is 1. The van der Waals surface area contributed by atoms with Gasteiger partial charge in [-0.2, -0.15) is 0 Å². The predicted molar refractivity (Wildman–Crippen MR) is 73.3 cm³/mol. The topological polar surface area (TPSA) is 100 Å². The van der Waals surface area contributed by atoms with E-state index in [1.807, 2.05) is 0 Å². The maximum absolute atomic E-state index is 11.7. The number of nitrogens with zero attached hydrogens (tertiary/aromatic N) is 1. The normalized spacial score (nSPS) is 10.0. The van der Waals surface area contributed by atoms with Gasteiger partial charge in [-0.05, 0) is 28.4 Å². The molecule has 0 aliphatic heterocycles. The van der Waals surface area contributed by atoms with Crippen LogP contribution in [0.1, 0.15) is 12.8 Å². The van der Waals surface area contributed by atoms with E-state index in [1.165, 1.54) is 10.6 Å². The Bertz CT molecular complexity index is 541. The lowest BCUT2D eigenvalue weighted by molar-refractivity contribution is -0.137. The van der Waals surface area contributed by atoms with E-state index in [4.69, 9.17) is 5.11 Å². The van der Waals surface area contributed by atoms with Gasteiger partial charge in [0.25, 0.3) is 5.56 Å². The summed E-state index contributed by atoms with van der Waals surface area (Å²) < 4.78 is 2.00. The minimum absolute atomic E-state index is 0.0149. The van der Waals surface area contributed by atoms with E-state index < -0.39 is 12.0 Å². The van der Waals surface area contributed by atoms with Gasteiger partial charge in [-0.3, -0.25) is 9.59 Å². The van der Waals surface area contributed by atoms with E-state index in [0.29, 0.717) is 10.9 Å². The maximum Gasteiger partial charge on any atom is 0.319 e. The third-order valence-corrected chi connectivity index (χ3v) is 2.68. The summed E-state index contributed by atoms with van der Waals surface area (Å²) in [5.41, 5.74) is -0.184. The fraction of sp³-hybridized carbons (Fsp3) is 0.364. The lowest BCUT2D eigenvalue weighted by Gasteiger charge is -2.08. The molecule has 1 heterocycles. The standard InChI is InChI=1S/C11H14BrN3O4/c1-15-6-7(12)5-8(10(15)18)14-11(19)13-4-2-3-9(16)17/h5-6H,2-4H2,1H3,(H,16,17)(H2,13,14,19). The second kappa shape index (κ2) is 6.93. The van der Waals surface area contributed by atoms with E-state index in [0.717, 1.165) is 0 Å². The molecule has 0 saturated carbocycles. The van der Waals surface area contributed by atoms with Crippen molar-refractivity contribution in [3.05, 3.63) is 27.1 Å². The highest BCUT2D eigenvalue weighted by Gasteiger charge is 2.07. The molecule has 7 nitrogen and oxygen atoms in total. The number of carboxylic acids is 1. The van der Waals surface area contributed by atoms with E-state index in [-0.39, 0.29) is 24.2 Å². The molecule has 0 aliphatic carbocycles. The first-order chi connectivity index (χ1) is 8.90. The molecule has 104 valence electrons. The largest absolute Gasteiger partial charge is 0.481 e. The number of carbonyl (C=O) groups is 2. The summed E-state index contributed by atoms with van der Waals surface area (Å²) in [6, 6.07) is 0.958. The number of amides is 2. The Kier molecular flexibility index (Phi) is 5.56. The number of halogens is 1. The second-order valence-electron chi connectivity index (χ2n) is 3.87. The molecular weight excluding hydrogens is 318 g/mol. The number of aryl methyl sites for hydroxylation is 1. The average molecular weight is 332 g/mol. The average Bonchev–Trinajstić information content (AvgIpc) is 2.31. The number of carbonyl (C=O) groups excluding carboxylic acids is 1. The van der Waals surface area contributed by atoms with Gasteiger partial charge in [0.05, 0.1) is 0 Å². The smallest absolute Gasteiger partial charge is 0.319 e. The van der Waals surface area contributed by atoms with Crippen LogP contribution in [0.15, 0.2) is 21.5 Å². The Hall–Kier alpha value is -1.83. The highest BCUT2D eigenvalue weighted by molar-refractivity contribution is 9.10. The van der Waals surface area contributed by atoms with Gasteiger partial charge in [0.1, 0.15) is 5.69 Å². The number of rotatable bonds is 5. The first-order valence-electron chi connectivity index (χ1n) is 5.53. The number of aliphatic carboxylic acids is 1. The SMILES string of the molecule is Cn1cc(Br)cc(NC(=O)NCCCC(=O)O)c1=O. The third kappa shape index (κ3) is 5.12. The fourth-order valence-corrected chi connectivity index (χ4v) is 1.90. The van der Waals surface area contributed by atoms with Crippen LogP contribution in [0.4, 0.5) is 10.5 Å². The molecule has 0 aromatic carbocycles. The van der Waals surface area contributed by atoms with Crippen LogP contribution < -0.4 is 16.2 Å². The number of carboxylic acid groups (broad SMARTS) is 1. The molecule has 0 unspecified atom stereocenters. The van der Waals surface area contributed by atoms with Crippen molar-refractivity contribution in [1.29, 1.82) is 0 Å². The van der Waals surface area contributed by atoms with Gasteiger partial charge < -0.3 is 20.3 Å². The Morgan fingerprint density at radius 2 is 2.16 bits per heavy atom. The van der Waals surface area contributed by atoms with Gasteiger partial charge in [0.2, 0.25) is 0 Å². The van der Waals surface area contributed by atoms with Crippen LogP contribution in [0, 0.1) is 0 Å². The van der Waals surface area contributed by atoms with Crippen LogP contribution in [-0.4, -0.2) is 28.2 Å². The van der Waals surface area contributed by atoms with E-state index in [2.05, 4.69) is 26.6 Å². The number of hydrogen-bond donors (Lipinski definition) is 3. The van der Waals surface area contributed by atoms with Crippen LogP contribution in [0.2, 0.25) is 0 Å². The Labute approximate surface area is 117 Å². The number of aromatic nitrogens is 1. The van der Waals surface area contributed by atoms with Gasteiger partial charge in [-0.25, -0.2) is 4.79 Å². The van der Waals surface area contributed by atoms with Crippen molar-refractivity contribution >= 4 is 33.6 Å². The first-order valence-corrected chi connectivity index (χ1v) is 6.32. The van der Waals surface area contributed by atoms with Crippen molar-refractivity contribution in [3.63, 3.8) is 0 Å². The highest BCUT2D eigenvalue weighted by Crippen LogP contribution is 2.11. The zero-order valence-corrected chi connectivity index (χ0v) is 11.9. The third-order valence-electron chi connectivity index (χ3n) is 2.25. The molecule has 0 saturated heterocycles. The van der Waals surface area contributed by atoms with E-state index in [9.17, 15) is 14.4 Å². The summed E-state index contributed by atoms with van der Waals surface area (Å²) in [4.78, 5) is 33.5. The van der Waals surface area contributed by atoms with Crippen LogP contribution in [-0.2, 0) is 11.8 Å². The zero-order valence-electron chi connectivity index (χ0n) is 10.3. The summed E-state index contributed by atoms with van der Waals surface area (Å²) >= 11 is 3.22. The molecule has 3 N–H and O–H groups in total. The molecule has 1 aromatic heterocycles. The van der Waals surface area contributed by atoms with E-state index >= 15 is 0 Å². The summed E-state index contributed by atoms with van der Waals surface area (Å²) in [7, 11) is 1.57. The molecule has 0 atom stereocenters. The minimum Gasteiger partial charge on any atom is -0.481 e. The van der Waals surface area contributed by atoms with E-state index in [1.54, 1.807) is 13.2 Å². The van der Waals surface area contributed by atoms with Crippen LogP contribution in [0.25, 0.3) is 0 Å². The van der Waals surface area contributed by atoms with Crippen LogP contribution >= 0.6 is 15.9 Å². The molecule has 0 radical (unpaired) electrons. The highest BCUT2D eigenvalue weighted by atomic mass is 79.9. The van der Waals surface area contributed by atoms with Crippen molar-refractivity contribution in [2.45, 2.75) is 12.8 Å². The van der Waals surface area contributed by atoms with Crippen molar-refractivity contribution < 1.29 is 14.7 Å². The van der Waals surface area contributed by atoms with Crippen molar-refractivity contribution in [3.8, 4) is 0 Å². The van der Waals surface area contributed by atoms with Crippen LogP contribution in [0.3, 0.4) is 0 Å². The molecule has 0 aliphatic rings. The quantitative estimate of drug-likeness (QED) is 0.704. The summed E-state index contributed by atoms with van der Waals surface area (Å²) in [6.45, 7) is 0.229. The Balaban J connectivity index is 2.53. The predicted octanol–water partition coefficient (Wildman–Crippen LogP) is 1.13. The van der Waals surface area contributed by atoms with Gasteiger partial charge in [0.15, 0.2) is 0 Å². The minimum atomic E-state index is -0.914. The number of urea groups is 1. The second-order valence-corrected chi connectivity index (χ2v) is 4.78. The van der Waals surface area contributed by atoms with Gasteiger partial charge >= 0.3 is 12.0 Å². The number of pyridine rings is 1. The van der Waals surface area contributed by atoms with Gasteiger partial charge in [-0.1, -0.05) is 0 Å². The van der Waals surface area contributed by atoms with Gasteiger partial charge in [0, 0.05) is 30.7 Å². The maximum atomic E-state index is 11.7. The lowest BCUT2D eigenvalue weighted by atomic mass is 10.3. The molecule has 0 fully saturated rings. The molecule has 2 amide bonds. The van der Waals surface area contributed by atoms with Crippen LogP contribution in [0.5, 0.6) is 0 Å². The molecule has 0 spiro atoms. The monoisotopic (exact) mass is 331 g/mol. The summed E-state index contributed by atoms with van der Waals surface area (Å²) in [5.74, 6) is -0.914. The Morgan fingerprint density at radius 1 is 1.47 bits per heavy atom. The lowest BCUT2D eigenvalue weighted by Crippen LogP contribution is -2.33. The molecule has 1 rings (SSSR count). The number of nitrogens with one attached hydrogen (secondary N) is 2. The molecule has 8 heteroatoms. The first kappa shape index (κ1) is 15.2. The molecule has 0 bridgehead atoms. The zero-order chi connectivity index (χ0) is 14.4. The Morgan fingerprint density at radius 3 is 2.79 bits per heavy atom. The molecular formula is C11H14BrN3O4. The van der Waals surface area contributed by atoms with Crippen molar-refractivity contribution in [2.75, 3.05) is 11.9 Å². The number of hydrogen-bond acceptors (Lipinski definition) is 3. The molecule has 1 aromatic rings. The van der Waals surface area contributed by atoms with Crippen molar-refractivity contribution in [1.82, 2.24) is 9.88 Å². The summed E-state index contributed by atoms with van der Waals surface area (Å²) in [5, 5.41) is 13.3. The van der Waals surface area contributed by atoms with Crippen molar-refractivity contribution in [2.24, 2.45) is 7.05 Å². The fourth-order valence-electron chi connectivity index (χ4n) is 1.37. The summed E-state index contributed by atoms with van der Waals surface area (Å²) in [6.07, 6.45) is 1.90. The molecule has 19 heavy (non-hydrogen) atoms.